The van der Waals surface area contributed by atoms with Gasteiger partial charge in [0.2, 0.25) is 5.89 Å². The minimum Gasteiger partial charge on any atom is -0.444 e. The molecule has 0 saturated carbocycles. The topological polar surface area (TPSA) is 67.2 Å². The molecule has 1 aromatic carbocycles. The number of hydrogen-bond acceptors (Lipinski definition) is 4. The van der Waals surface area contributed by atoms with Gasteiger partial charge in [0, 0.05) is 11.6 Å². The maximum absolute atomic E-state index is 12.2. The molecule has 0 aliphatic carbocycles. The zero-order valence-corrected chi connectivity index (χ0v) is 12.0. The van der Waals surface area contributed by atoms with Crippen molar-refractivity contribution in [3.63, 3.8) is 0 Å². The van der Waals surface area contributed by atoms with Crippen molar-refractivity contribution >= 4 is 5.91 Å². The van der Waals surface area contributed by atoms with E-state index in [0.29, 0.717) is 17.5 Å². The number of amides is 1. The first-order chi connectivity index (χ1) is 10.2. The summed E-state index contributed by atoms with van der Waals surface area (Å²) in [6.45, 7) is 4.00. The normalized spacial score (nSPS) is 22.0. The highest BCUT2D eigenvalue weighted by atomic mass is 16.3. The van der Waals surface area contributed by atoms with E-state index < -0.39 is 0 Å². The van der Waals surface area contributed by atoms with Gasteiger partial charge in [-0.25, -0.2) is 4.98 Å². The number of oxazole rings is 1. The van der Waals surface area contributed by atoms with Gasteiger partial charge in [0.15, 0.2) is 5.69 Å². The van der Waals surface area contributed by atoms with Crippen LogP contribution in [0.2, 0.25) is 0 Å². The number of nitrogens with one attached hydrogen (secondary N) is 2. The number of hydrogen-bond donors (Lipinski definition) is 2. The van der Waals surface area contributed by atoms with Gasteiger partial charge < -0.3 is 15.1 Å². The van der Waals surface area contributed by atoms with E-state index in [1.807, 2.05) is 30.3 Å². The molecule has 0 bridgehead atoms. The van der Waals surface area contributed by atoms with E-state index in [1.165, 1.54) is 6.26 Å². The lowest BCUT2D eigenvalue weighted by molar-refractivity contribution is 0.0909. The van der Waals surface area contributed by atoms with Crippen LogP contribution in [-0.2, 0) is 0 Å². The molecule has 0 radical (unpaired) electrons. The zero-order valence-electron chi connectivity index (χ0n) is 12.0. The fraction of sp³-hybridized carbons (Fsp3) is 0.375. The highest BCUT2D eigenvalue weighted by Gasteiger charge is 2.24. The van der Waals surface area contributed by atoms with Crippen LogP contribution in [0.1, 0.15) is 23.8 Å². The third kappa shape index (κ3) is 3.13. The molecule has 2 N–H and O–H groups in total. The number of piperidine rings is 1. The Hall–Kier alpha value is -2.14. The Labute approximate surface area is 123 Å². The van der Waals surface area contributed by atoms with Gasteiger partial charge >= 0.3 is 0 Å². The molecular weight excluding hydrogens is 266 g/mol. The van der Waals surface area contributed by atoms with Crippen LogP contribution < -0.4 is 10.6 Å². The summed E-state index contributed by atoms with van der Waals surface area (Å²) >= 11 is 0. The summed E-state index contributed by atoms with van der Waals surface area (Å²) in [5, 5.41) is 6.37. The lowest BCUT2D eigenvalue weighted by Crippen LogP contribution is -2.48. The van der Waals surface area contributed by atoms with Gasteiger partial charge in [-0.2, -0.15) is 0 Å². The predicted octanol–water partition coefficient (Wildman–Crippen LogP) is 2.07. The summed E-state index contributed by atoms with van der Waals surface area (Å²) < 4.78 is 5.40. The van der Waals surface area contributed by atoms with Crippen LogP contribution in [0.25, 0.3) is 11.5 Å². The van der Waals surface area contributed by atoms with Crippen LogP contribution in [0, 0.1) is 5.92 Å². The van der Waals surface area contributed by atoms with Gasteiger partial charge in [-0.05, 0) is 37.6 Å². The molecule has 3 rings (SSSR count). The minimum absolute atomic E-state index is 0.167. The fourth-order valence-electron chi connectivity index (χ4n) is 2.56. The Morgan fingerprint density at radius 1 is 1.38 bits per heavy atom. The molecule has 0 spiro atoms. The highest BCUT2D eigenvalue weighted by Crippen LogP contribution is 2.18. The molecule has 2 atom stereocenters. The van der Waals surface area contributed by atoms with E-state index in [-0.39, 0.29) is 11.9 Å². The van der Waals surface area contributed by atoms with Crippen molar-refractivity contribution in [2.75, 3.05) is 13.1 Å². The molecule has 5 nitrogen and oxygen atoms in total. The number of nitrogens with zero attached hydrogens (tertiary/aromatic N) is 1. The molecule has 2 aromatic rings. The van der Waals surface area contributed by atoms with Crippen LogP contribution >= 0.6 is 0 Å². The molecular formula is C16H19N3O2. The standard InChI is InChI=1S/C16H19N3O2/c1-11-9-17-8-7-13(11)18-15(20)14-10-21-16(19-14)12-5-3-2-4-6-12/h2-6,10-11,13,17H,7-9H2,1H3,(H,18,20). The summed E-state index contributed by atoms with van der Waals surface area (Å²) in [5.41, 5.74) is 1.20. The number of carbonyl (C=O) groups excluding carboxylic acids is 1. The molecule has 1 fully saturated rings. The first-order valence-corrected chi connectivity index (χ1v) is 7.26. The van der Waals surface area contributed by atoms with Crippen LogP contribution in [0.5, 0.6) is 0 Å². The minimum atomic E-state index is -0.167. The van der Waals surface area contributed by atoms with Crippen molar-refractivity contribution in [3.05, 3.63) is 42.3 Å². The Balaban J connectivity index is 1.69. The number of benzene rings is 1. The smallest absolute Gasteiger partial charge is 0.273 e. The van der Waals surface area contributed by atoms with Crippen molar-refractivity contribution in [1.82, 2.24) is 15.6 Å². The molecule has 2 heterocycles. The molecule has 1 amide bonds. The van der Waals surface area contributed by atoms with E-state index in [0.717, 1.165) is 25.1 Å². The van der Waals surface area contributed by atoms with Crippen LogP contribution in [0.15, 0.2) is 41.0 Å². The van der Waals surface area contributed by atoms with Crippen molar-refractivity contribution in [2.24, 2.45) is 5.92 Å². The SMILES string of the molecule is CC1CNCCC1NC(=O)c1coc(-c2ccccc2)n1. The van der Waals surface area contributed by atoms with Crippen molar-refractivity contribution in [2.45, 2.75) is 19.4 Å². The van der Waals surface area contributed by atoms with Crippen molar-refractivity contribution in [1.29, 1.82) is 0 Å². The number of carbonyl (C=O) groups is 1. The summed E-state index contributed by atoms with van der Waals surface area (Å²) in [6.07, 6.45) is 2.36. The Bertz CT molecular complexity index is 609. The maximum Gasteiger partial charge on any atom is 0.273 e. The van der Waals surface area contributed by atoms with Crippen LogP contribution in [0.3, 0.4) is 0 Å². The third-order valence-corrected chi connectivity index (χ3v) is 3.86. The van der Waals surface area contributed by atoms with Gasteiger partial charge in [-0.15, -0.1) is 0 Å². The van der Waals surface area contributed by atoms with Crippen LogP contribution in [0.4, 0.5) is 0 Å². The second-order valence-corrected chi connectivity index (χ2v) is 5.45. The fourth-order valence-corrected chi connectivity index (χ4v) is 2.56. The third-order valence-electron chi connectivity index (χ3n) is 3.86. The van der Waals surface area contributed by atoms with Gasteiger partial charge in [-0.3, -0.25) is 4.79 Å². The molecule has 5 heteroatoms. The first kappa shape index (κ1) is 13.8. The zero-order chi connectivity index (χ0) is 14.7. The lowest BCUT2D eigenvalue weighted by atomic mass is 9.95. The molecule has 1 aromatic heterocycles. The quantitative estimate of drug-likeness (QED) is 0.906. The van der Waals surface area contributed by atoms with E-state index >= 15 is 0 Å². The summed E-state index contributed by atoms with van der Waals surface area (Å²) in [4.78, 5) is 16.5. The number of aromatic nitrogens is 1. The molecule has 2 unspecified atom stereocenters. The average molecular weight is 285 g/mol. The van der Waals surface area contributed by atoms with Gasteiger partial charge in [0.25, 0.3) is 5.91 Å². The molecule has 1 aliphatic rings. The van der Waals surface area contributed by atoms with Crippen molar-refractivity contribution < 1.29 is 9.21 Å². The molecule has 21 heavy (non-hydrogen) atoms. The van der Waals surface area contributed by atoms with Crippen LogP contribution in [-0.4, -0.2) is 30.0 Å². The van der Waals surface area contributed by atoms with Gasteiger partial charge in [-0.1, -0.05) is 25.1 Å². The second-order valence-electron chi connectivity index (χ2n) is 5.45. The Morgan fingerprint density at radius 3 is 2.95 bits per heavy atom. The first-order valence-electron chi connectivity index (χ1n) is 7.26. The summed E-state index contributed by atoms with van der Waals surface area (Å²) in [6, 6.07) is 9.76. The molecule has 1 saturated heterocycles. The monoisotopic (exact) mass is 285 g/mol. The number of rotatable bonds is 3. The summed E-state index contributed by atoms with van der Waals surface area (Å²) in [7, 11) is 0. The van der Waals surface area contributed by atoms with E-state index in [4.69, 9.17) is 4.42 Å². The Kier molecular flexibility index (Phi) is 4.01. The maximum atomic E-state index is 12.2. The molecule has 110 valence electrons. The average Bonchev–Trinajstić information content (AvgIpc) is 3.00. The Morgan fingerprint density at radius 2 is 2.19 bits per heavy atom. The van der Waals surface area contributed by atoms with Crippen molar-refractivity contribution in [3.8, 4) is 11.5 Å². The lowest BCUT2D eigenvalue weighted by Gasteiger charge is -2.29. The molecule has 1 aliphatic heterocycles. The van der Waals surface area contributed by atoms with Gasteiger partial charge in [0.05, 0.1) is 0 Å². The van der Waals surface area contributed by atoms with E-state index in [9.17, 15) is 4.79 Å². The largest absolute Gasteiger partial charge is 0.444 e. The summed E-state index contributed by atoms with van der Waals surface area (Å²) in [5.74, 6) is 0.724. The van der Waals surface area contributed by atoms with E-state index in [1.54, 1.807) is 0 Å². The highest BCUT2D eigenvalue weighted by molar-refractivity contribution is 5.92. The van der Waals surface area contributed by atoms with Gasteiger partial charge in [0.1, 0.15) is 6.26 Å². The van der Waals surface area contributed by atoms with E-state index in [2.05, 4.69) is 22.5 Å². The predicted molar refractivity (Wildman–Crippen MR) is 79.8 cm³/mol. The second kappa shape index (κ2) is 6.10.